The first-order valence-corrected chi connectivity index (χ1v) is 12.1. The van der Waals surface area contributed by atoms with E-state index < -0.39 is 19.9 Å². The molecule has 152 valence electrons. The molecule has 0 bridgehead atoms. The second kappa shape index (κ2) is 8.49. The Morgan fingerprint density at radius 2 is 1.38 bits per heavy atom. The van der Waals surface area contributed by atoms with Crippen molar-refractivity contribution < 1.29 is 16.8 Å². The van der Waals surface area contributed by atoms with Gasteiger partial charge in [-0.15, -0.1) is 0 Å². The third kappa shape index (κ3) is 4.75. The van der Waals surface area contributed by atoms with Crippen LogP contribution in [0.25, 0.3) is 0 Å². The Kier molecular flexibility index (Phi) is 6.21. The van der Waals surface area contributed by atoms with Crippen molar-refractivity contribution in [1.82, 2.24) is 4.72 Å². The van der Waals surface area contributed by atoms with Crippen LogP contribution in [0.2, 0.25) is 0 Å². The molecule has 0 saturated carbocycles. The van der Waals surface area contributed by atoms with Crippen LogP contribution in [0.15, 0.2) is 93.5 Å². The van der Waals surface area contributed by atoms with Crippen LogP contribution in [0.3, 0.4) is 0 Å². The van der Waals surface area contributed by atoms with E-state index in [2.05, 4.69) is 4.72 Å². The van der Waals surface area contributed by atoms with Gasteiger partial charge in [0.25, 0.3) is 0 Å². The van der Waals surface area contributed by atoms with Crippen molar-refractivity contribution in [1.29, 1.82) is 0 Å². The predicted octanol–water partition coefficient (Wildman–Crippen LogP) is 3.91. The van der Waals surface area contributed by atoms with E-state index in [1.165, 1.54) is 30.3 Å². The number of benzene rings is 3. The molecule has 0 fully saturated rings. The first-order chi connectivity index (χ1) is 13.7. The molecule has 3 aromatic rings. The summed E-state index contributed by atoms with van der Waals surface area (Å²) in [5.41, 5.74) is 1.50. The van der Waals surface area contributed by atoms with Gasteiger partial charge in [-0.3, -0.25) is 0 Å². The van der Waals surface area contributed by atoms with Crippen molar-refractivity contribution in [3.05, 3.63) is 90.0 Å². The van der Waals surface area contributed by atoms with Gasteiger partial charge in [-0.05, 0) is 48.2 Å². The fraction of sp³-hybridized carbons (Fsp3) is 0.182. The number of hydrogen-bond donors (Lipinski definition) is 1. The zero-order valence-electron chi connectivity index (χ0n) is 16.2. The molecule has 0 amide bonds. The molecular weight excluding hydrogens is 406 g/mol. The maximum absolute atomic E-state index is 12.9. The molecule has 1 N–H and O–H groups in total. The summed E-state index contributed by atoms with van der Waals surface area (Å²) in [5.74, 6) is -0.0254. The topological polar surface area (TPSA) is 80.3 Å². The molecule has 0 saturated heterocycles. The molecule has 29 heavy (non-hydrogen) atoms. The van der Waals surface area contributed by atoms with E-state index in [1.54, 1.807) is 25.1 Å². The first kappa shape index (κ1) is 21.2. The van der Waals surface area contributed by atoms with Crippen molar-refractivity contribution in [2.75, 3.05) is 6.54 Å². The van der Waals surface area contributed by atoms with Gasteiger partial charge < -0.3 is 0 Å². The van der Waals surface area contributed by atoms with Crippen LogP contribution in [0.5, 0.6) is 0 Å². The zero-order valence-corrected chi connectivity index (χ0v) is 17.9. The number of sulfone groups is 1. The lowest BCUT2D eigenvalue weighted by atomic mass is 10.0. The van der Waals surface area contributed by atoms with E-state index >= 15 is 0 Å². The third-order valence-corrected chi connectivity index (χ3v) is 8.09. The molecule has 5 nitrogen and oxygen atoms in total. The summed E-state index contributed by atoms with van der Waals surface area (Å²) >= 11 is 0. The van der Waals surface area contributed by atoms with Crippen molar-refractivity contribution in [2.24, 2.45) is 0 Å². The molecule has 0 spiro atoms. The highest BCUT2D eigenvalue weighted by atomic mass is 32.2. The standard InChI is InChI=1S/C22H23NO4S2/c1-17-13-14-21(28(24,25)20-11-7-4-8-12-20)15-22(17)29(26,27)23-16-18(2)19-9-5-3-6-10-19/h3-15,18,23H,16H2,1-2H3/t18-/m1/s1. The summed E-state index contributed by atoms with van der Waals surface area (Å²) in [6.45, 7) is 3.79. The van der Waals surface area contributed by atoms with Crippen molar-refractivity contribution in [3.8, 4) is 0 Å². The molecule has 0 aromatic heterocycles. The summed E-state index contributed by atoms with van der Waals surface area (Å²) in [7, 11) is -7.68. The van der Waals surface area contributed by atoms with Gasteiger partial charge >= 0.3 is 0 Å². The summed E-state index contributed by atoms with van der Waals surface area (Å²) in [5, 5.41) is 0. The zero-order chi connectivity index (χ0) is 21.1. The van der Waals surface area contributed by atoms with Crippen LogP contribution in [0.4, 0.5) is 0 Å². The van der Waals surface area contributed by atoms with E-state index in [9.17, 15) is 16.8 Å². The summed E-state index contributed by atoms with van der Waals surface area (Å²) in [6.07, 6.45) is 0. The highest BCUT2D eigenvalue weighted by molar-refractivity contribution is 7.91. The van der Waals surface area contributed by atoms with Crippen LogP contribution in [0.1, 0.15) is 24.0 Å². The molecule has 0 heterocycles. The van der Waals surface area contributed by atoms with E-state index in [-0.39, 0.29) is 27.1 Å². The Labute approximate surface area is 172 Å². The Bertz CT molecular complexity index is 1190. The molecule has 3 rings (SSSR count). The Morgan fingerprint density at radius 3 is 2.00 bits per heavy atom. The first-order valence-electron chi connectivity index (χ1n) is 9.17. The van der Waals surface area contributed by atoms with Gasteiger partial charge in [0.1, 0.15) is 0 Å². The molecule has 3 aromatic carbocycles. The minimum atomic E-state index is -3.87. The summed E-state index contributed by atoms with van der Waals surface area (Å²) in [6, 6.07) is 21.7. The van der Waals surface area contributed by atoms with E-state index in [1.807, 2.05) is 37.3 Å². The maximum atomic E-state index is 12.9. The minimum Gasteiger partial charge on any atom is -0.219 e. The number of hydrogen-bond acceptors (Lipinski definition) is 4. The van der Waals surface area contributed by atoms with Crippen LogP contribution in [-0.4, -0.2) is 23.4 Å². The number of rotatable bonds is 7. The highest BCUT2D eigenvalue weighted by Gasteiger charge is 2.23. The van der Waals surface area contributed by atoms with Crippen molar-refractivity contribution >= 4 is 19.9 Å². The lowest BCUT2D eigenvalue weighted by molar-refractivity contribution is 0.574. The van der Waals surface area contributed by atoms with Crippen molar-refractivity contribution in [3.63, 3.8) is 0 Å². The lowest BCUT2D eigenvalue weighted by Gasteiger charge is -2.15. The highest BCUT2D eigenvalue weighted by Crippen LogP contribution is 2.25. The van der Waals surface area contributed by atoms with Crippen LogP contribution in [0, 0.1) is 6.92 Å². The molecule has 0 aliphatic rings. The van der Waals surface area contributed by atoms with Gasteiger partial charge in [-0.1, -0.05) is 61.5 Å². The van der Waals surface area contributed by atoms with Crippen LogP contribution in [-0.2, 0) is 19.9 Å². The second-order valence-corrected chi connectivity index (χ2v) is 10.6. The normalized spacial score (nSPS) is 13.2. The van der Waals surface area contributed by atoms with Gasteiger partial charge in [0, 0.05) is 6.54 Å². The Morgan fingerprint density at radius 1 is 0.793 bits per heavy atom. The molecule has 0 unspecified atom stereocenters. The smallest absolute Gasteiger partial charge is 0.219 e. The fourth-order valence-electron chi connectivity index (χ4n) is 2.98. The fourth-order valence-corrected chi connectivity index (χ4v) is 5.77. The van der Waals surface area contributed by atoms with Crippen LogP contribution < -0.4 is 4.72 Å². The molecule has 1 atom stereocenters. The number of sulfonamides is 1. The van der Waals surface area contributed by atoms with E-state index in [4.69, 9.17) is 0 Å². The van der Waals surface area contributed by atoms with E-state index in [0.29, 0.717) is 5.56 Å². The largest absolute Gasteiger partial charge is 0.240 e. The van der Waals surface area contributed by atoms with Crippen LogP contribution >= 0.6 is 0 Å². The Balaban J connectivity index is 1.89. The monoisotopic (exact) mass is 429 g/mol. The third-order valence-electron chi connectivity index (χ3n) is 4.76. The minimum absolute atomic E-state index is 0.0254. The molecule has 0 aliphatic heterocycles. The maximum Gasteiger partial charge on any atom is 0.240 e. The predicted molar refractivity (Wildman–Crippen MR) is 113 cm³/mol. The molecule has 7 heteroatoms. The van der Waals surface area contributed by atoms with E-state index in [0.717, 1.165) is 5.56 Å². The SMILES string of the molecule is Cc1ccc(S(=O)(=O)c2ccccc2)cc1S(=O)(=O)NC[C@@H](C)c1ccccc1. The van der Waals surface area contributed by atoms with Gasteiger partial charge in [-0.25, -0.2) is 21.6 Å². The summed E-state index contributed by atoms with van der Waals surface area (Å²) < 4.78 is 54.1. The second-order valence-electron chi connectivity index (χ2n) is 6.91. The number of nitrogens with one attached hydrogen (secondary N) is 1. The average molecular weight is 430 g/mol. The summed E-state index contributed by atoms with van der Waals surface area (Å²) in [4.78, 5) is 0.0402. The lowest BCUT2D eigenvalue weighted by Crippen LogP contribution is -2.28. The molecule has 0 radical (unpaired) electrons. The van der Waals surface area contributed by atoms with Gasteiger partial charge in [0.15, 0.2) is 0 Å². The molecular formula is C22H23NO4S2. The van der Waals surface area contributed by atoms with Crippen molar-refractivity contribution in [2.45, 2.75) is 34.5 Å². The molecule has 0 aliphatic carbocycles. The van der Waals surface area contributed by atoms with Gasteiger partial charge in [0.05, 0.1) is 14.7 Å². The average Bonchev–Trinajstić information content (AvgIpc) is 2.73. The Hall–Kier alpha value is -2.48. The van der Waals surface area contributed by atoms with Gasteiger partial charge in [0.2, 0.25) is 19.9 Å². The number of aryl methyl sites for hydroxylation is 1. The quantitative estimate of drug-likeness (QED) is 0.617. The van der Waals surface area contributed by atoms with Gasteiger partial charge in [-0.2, -0.15) is 0 Å².